The van der Waals surface area contributed by atoms with Crippen LogP contribution in [0.1, 0.15) is 31.2 Å². The predicted molar refractivity (Wildman–Crippen MR) is 94.6 cm³/mol. The van der Waals surface area contributed by atoms with Crippen LogP contribution in [0, 0.1) is 24.2 Å². The topological polar surface area (TPSA) is 62.9 Å². The molecule has 2 aromatic rings. The summed E-state index contributed by atoms with van der Waals surface area (Å²) < 4.78 is 7.85. The molecule has 1 atom stereocenters. The van der Waals surface area contributed by atoms with Crippen LogP contribution in [0.4, 0.5) is 0 Å². The van der Waals surface area contributed by atoms with Crippen molar-refractivity contribution in [1.82, 2.24) is 14.9 Å². The van der Waals surface area contributed by atoms with Crippen molar-refractivity contribution in [2.45, 2.75) is 39.8 Å². The van der Waals surface area contributed by atoms with E-state index in [4.69, 9.17) is 10.00 Å². The number of aromatic nitrogens is 2. The molecule has 2 rings (SSSR count). The summed E-state index contributed by atoms with van der Waals surface area (Å²) in [6, 6.07) is 10.3. The van der Waals surface area contributed by atoms with E-state index in [9.17, 15) is 0 Å². The number of benzene rings is 1. The largest absolute Gasteiger partial charge is 0.494 e. The first-order valence-electron chi connectivity index (χ1n) is 8.46. The van der Waals surface area contributed by atoms with E-state index < -0.39 is 0 Å². The average Bonchev–Trinajstić information content (AvgIpc) is 2.97. The fourth-order valence-electron chi connectivity index (χ4n) is 2.55. The van der Waals surface area contributed by atoms with Crippen LogP contribution < -0.4 is 10.1 Å². The molecule has 1 heterocycles. The molecule has 1 N–H and O–H groups in total. The smallest absolute Gasteiger partial charge is 0.119 e. The Morgan fingerprint density at radius 3 is 3.04 bits per heavy atom. The fourth-order valence-corrected chi connectivity index (χ4v) is 2.55. The van der Waals surface area contributed by atoms with E-state index in [0.717, 1.165) is 37.6 Å². The van der Waals surface area contributed by atoms with Crippen molar-refractivity contribution in [2.24, 2.45) is 5.92 Å². The van der Waals surface area contributed by atoms with Crippen molar-refractivity contribution < 1.29 is 4.74 Å². The molecule has 1 unspecified atom stereocenters. The summed E-state index contributed by atoms with van der Waals surface area (Å²) in [6.45, 7) is 7.60. The number of unbranched alkanes of at least 4 members (excludes halogenated alkanes) is 1. The normalized spacial score (nSPS) is 11.9. The maximum atomic E-state index is 8.53. The van der Waals surface area contributed by atoms with Gasteiger partial charge in [-0.1, -0.05) is 19.1 Å². The van der Waals surface area contributed by atoms with Gasteiger partial charge in [0.25, 0.3) is 0 Å². The van der Waals surface area contributed by atoms with E-state index in [2.05, 4.69) is 40.0 Å². The number of hydrogen-bond donors (Lipinski definition) is 1. The second-order valence-electron chi connectivity index (χ2n) is 6.12. The van der Waals surface area contributed by atoms with Crippen molar-refractivity contribution in [3.63, 3.8) is 0 Å². The molecular formula is C19H26N4O. The summed E-state index contributed by atoms with van der Waals surface area (Å²) >= 11 is 0. The van der Waals surface area contributed by atoms with Crippen LogP contribution in [-0.2, 0) is 13.1 Å². The number of ether oxygens (including phenoxy) is 1. The maximum absolute atomic E-state index is 8.53. The van der Waals surface area contributed by atoms with Crippen molar-refractivity contribution >= 4 is 0 Å². The van der Waals surface area contributed by atoms with E-state index in [1.807, 2.05) is 31.5 Å². The lowest BCUT2D eigenvalue weighted by molar-refractivity contribution is 0.312. The number of aryl methyl sites for hydroxylation is 1. The van der Waals surface area contributed by atoms with Gasteiger partial charge in [-0.15, -0.1) is 0 Å². The monoisotopic (exact) mass is 326 g/mol. The zero-order valence-corrected chi connectivity index (χ0v) is 14.5. The minimum atomic E-state index is 0.531. The van der Waals surface area contributed by atoms with Crippen LogP contribution in [0.5, 0.6) is 5.75 Å². The number of hydrogen-bond acceptors (Lipinski definition) is 4. The van der Waals surface area contributed by atoms with Gasteiger partial charge in [0.15, 0.2) is 0 Å². The number of nitriles is 1. The Labute approximate surface area is 144 Å². The molecule has 0 aliphatic heterocycles. The third-order valence-electron chi connectivity index (χ3n) is 3.85. The minimum Gasteiger partial charge on any atom is -0.494 e. The summed E-state index contributed by atoms with van der Waals surface area (Å²) in [5.74, 6) is 2.46. The molecule has 1 aromatic heterocycles. The molecule has 5 heteroatoms. The number of nitrogens with one attached hydrogen (secondary N) is 1. The Bertz CT molecular complexity index is 659. The second-order valence-corrected chi connectivity index (χ2v) is 6.12. The molecule has 0 spiro atoms. The molecule has 0 radical (unpaired) electrons. The molecule has 0 saturated heterocycles. The van der Waals surface area contributed by atoms with Crippen LogP contribution in [0.3, 0.4) is 0 Å². The number of imidazole rings is 1. The first kappa shape index (κ1) is 18.0. The third kappa shape index (κ3) is 6.05. The molecule has 5 nitrogen and oxygen atoms in total. The van der Waals surface area contributed by atoms with E-state index in [-0.39, 0.29) is 0 Å². The van der Waals surface area contributed by atoms with Gasteiger partial charge in [0.1, 0.15) is 11.6 Å². The van der Waals surface area contributed by atoms with Crippen molar-refractivity contribution in [1.29, 1.82) is 5.26 Å². The highest BCUT2D eigenvalue weighted by Gasteiger charge is 2.05. The van der Waals surface area contributed by atoms with Gasteiger partial charge in [-0.25, -0.2) is 4.98 Å². The van der Waals surface area contributed by atoms with Gasteiger partial charge in [-0.3, -0.25) is 0 Å². The molecule has 0 amide bonds. The Morgan fingerprint density at radius 1 is 1.42 bits per heavy atom. The van der Waals surface area contributed by atoms with Crippen LogP contribution in [-0.4, -0.2) is 22.7 Å². The highest BCUT2D eigenvalue weighted by molar-refractivity contribution is 5.28. The van der Waals surface area contributed by atoms with Gasteiger partial charge in [0, 0.05) is 31.9 Å². The van der Waals surface area contributed by atoms with E-state index in [1.165, 1.54) is 5.56 Å². The first-order chi connectivity index (χ1) is 11.7. The van der Waals surface area contributed by atoms with E-state index >= 15 is 0 Å². The summed E-state index contributed by atoms with van der Waals surface area (Å²) in [5, 5.41) is 12.0. The zero-order chi connectivity index (χ0) is 17.2. The second kappa shape index (κ2) is 9.74. The van der Waals surface area contributed by atoms with Gasteiger partial charge in [-0.2, -0.15) is 5.26 Å². The number of rotatable bonds is 10. The highest BCUT2D eigenvalue weighted by Crippen LogP contribution is 2.14. The molecular weight excluding hydrogens is 300 g/mol. The number of nitrogens with zero attached hydrogens (tertiary/aromatic N) is 3. The molecule has 0 bridgehead atoms. The Balaban J connectivity index is 1.71. The van der Waals surface area contributed by atoms with Crippen molar-refractivity contribution in [3.8, 4) is 11.8 Å². The molecule has 0 fully saturated rings. The quantitative estimate of drug-likeness (QED) is 0.681. The molecule has 0 aliphatic carbocycles. The average molecular weight is 326 g/mol. The molecule has 128 valence electrons. The van der Waals surface area contributed by atoms with Gasteiger partial charge in [0.05, 0.1) is 12.7 Å². The lowest BCUT2D eigenvalue weighted by Crippen LogP contribution is -2.24. The summed E-state index contributed by atoms with van der Waals surface area (Å²) in [5.41, 5.74) is 1.21. The summed E-state index contributed by atoms with van der Waals surface area (Å²) in [4.78, 5) is 4.25. The molecule has 24 heavy (non-hydrogen) atoms. The van der Waals surface area contributed by atoms with E-state index in [1.54, 1.807) is 0 Å². The lowest BCUT2D eigenvalue weighted by Gasteiger charge is -2.15. The van der Waals surface area contributed by atoms with Gasteiger partial charge in [0.2, 0.25) is 0 Å². The third-order valence-corrected chi connectivity index (χ3v) is 3.85. The molecule has 0 saturated carbocycles. The zero-order valence-electron chi connectivity index (χ0n) is 14.5. The van der Waals surface area contributed by atoms with E-state index in [0.29, 0.717) is 18.9 Å². The maximum Gasteiger partial charge on any atom is 0.119 e. The minimum absolute atomic E-state index is 0.531. The molecule has 1 aromatic carbocycles. The highest BCUT2D eigenvalue weighted by atomic mass is 16.5. The van der Waals surface area contributed by atoms with Crippen LogP contribution >= 0.6 is 0 Å². The fraction of sp³-hybridized carbons (Fsp3) is 0.474. The van der Waals surface area contributed by atoms with Gasteiger partial charge in [-0.05, 0) is 43.5 Å². The van der Waals surface area contributed by atoms with Gasteiger partial charge < -0.3 is 14.6 Å². The Hall–Kier alpha value is -2.32. The van der Waals surface area contributed by atoms with Crippen LogP contribution in [0.15, 0.2) is 36.7 Å². The summed E-state index contributed by atoms with van der Waals surface area (Å²) in [6.07, 6.45) is 5.18. The predicted octanol–water partition coefficient (Wildman–Crippen LogP) is 3.30. The summed E-state index contributed by atoms with van der Waals surface area (Å²) in [7, 11) is 0. The SMILES string of the molecule is Cc1nccn1CC(C)CNCc1cccc(OCCCC#N)c1. The first-order valence-corrected chi connectivity index (χ1v) is 8.46. The standard InChI is InChI=1S/C19H26N4O/c1-16(15-23-10-9-22-17(23)2)13-21-14-18-6-5-7-19(12-18)24-11-4-3-8-20/h5-7,9-10,12,16,21H,3-4,11,13-15H2,1-2H3. The lowest BCUT2D eigenvalue weighted by atomic mass is 10.1. The van der Waals surface area contributed by atoms with Crippen LogP contribution in [0.25, 0.3) is 0 Å². The van der Waals surface area contributed by atoms with Crippen molar-refractivity contribution in [2.75, 3.05) is 13.2 Å². The van der Waals surface area contributed by atoms with Gasteiger partial charge >= 0.3 is 0 Å². The Kier molecular flexibility index (Phi) is 7.31. The van der Waals surface area contributed by atoms with Crippen LogP contribution in [0.2, 0.25) is 0 Å². The Morgan fingerprint density at radius 2 is 2.29 bits per heavy atom. The molecule has 0 aliphatic rings. The van der Waals surface area contributed by atoms with Crippen molar-refractivity contribution in [3.05, 3.63) is 48.0 Å².